The summed E-state index contributed by atoms with van der Waals surface area (Å²) in [6.07, 6.45) is 1.71. The van der Waals surface area contributed by atoms with Crippen LogP contribution in [0, 0.1) is 3.57 Å². The van der Waals surface area contributed by atoms with Crippen molar-refractivity contribution in [2.45, 2.75) is 0 Å². The highest BCUT2D eigenvalue weighted by molar-refractivity contribution is 14.1. The van der Waals surface area contributed by atoms with Gasteiger partial charge in [-0.1, -0.05) is 18.7 Å². The van der Waals surface area contributed by atoms with Crippen LogP contribution in [0.3, 0.4) is 0 Å². The Kier molecular flexibility index (Phi) is 8.79. The minimum Gasteiger partial charge on any atom is -0.508 e. The number of pyridine rings is 1. The lowest BCUT2D eigenvalue weighted by Gasteiger charge is -2.11. The third kappa shape index (κ3) is 6.54. The number of rotatable bonds is 11. The monoisotopic (exact) mass is 473 g/mol. The molecule has 0 aliphatic heterocycles. The number of halogens is 2. The Labute approximate surface area is 166 Å². The van der Waals surface area contributed by atoms with E-state index in [-0.39, 0.29) is 12.4 Å². The summed E-state index contributed by atoms with van der Waals surface area (Å²) in [6.45, 7) is 5.25. The first-order chi connectivity index (χ1) is 12.6. The van der Waals surface area contributed by atoms with Crippen molar-refractivity contribution in [1.82, 2.24) is 4.98 Å². The number of phenolic OH excluding ortho intramolecular Hbond substituents is 1. The second-order valence-electron chi connectivity index (χ2n) is 5.30. The van der Waals surface area contributed by atoms with Crippen LogP contribution in [0.25, 0.3) is 5.57 Å². The molecule has 0 aliphatic carbocycles. The summed E-state index contributed by atoms with van der Waals surface area (Å²) in [5.74, 6) is 0.749. The van der Waals surface area contributed by atoms with Gasteiger partial charge in [-0.2, -0.15) is 0 Å². The molecule has 26 heavy (non-hydrogen) atoms. The van der Waals surface area contributed by atoms with Gasteiger partial charge in [-0.05, 0) is 51.9 Å². The van der Waals surface area contributed by atoms with Crippen LogP contribution in [0.2, 0.25) is 0 Å². The van der Waals surface area contributed by atoms with Gasteiger partial charge >= 0.3 is 0 Å². The molecule has 0 bridgehead atoms. The van der Waals surface area contributed by atoms with E-state index < -0.39 is 6.67 Å². The molecule has 0 radical (unpaired) electrons. The fraction of sp³-hybridized carbons (Fsp3) is 0.316. The molecule has 0 spiro atoms. The Balaban J connectivity index is 1.81. The zero-order valence-corrected chi connectivity index (χ0v) is 16.4. The molecule has 140 valence electrons. The van der Waals surface area contributed by atoms with E-state index in [1.54, 1.807) is 18.3 Å². The van der Waals surface area contributed by atoms with Gasteiger partial charge in [-0.25, -0.2) is 9.37 Å². The molecule has 2 rings (SSSR count). The van der Waals surface area contributed by atoms with Crippen molar-refractivity contribution in [2.24, 2.45) is 0 Å². The first-order valence-electron chi connectivity index (χ1n) is 8.10. The van der Waals surface area contributed by atoms with Crippen LogP contribution in [0.4, 0.5) is 4.39 Å². The third-order valence-electron chi connectivity index (χ3n) is 3.43. The predicted molar refractivity (Wildman–Crippen MR) is 106 cm³/mol. The minimum absolute atomic E-state index is 0.101. The molecule has 5 nitrogen and oxygen atoms in total. The molecule has 0 aliphatic rings. The van der Waals surface area contributed by atoms with E-state index in [1.165, 1.54) is 0 Å². The maximum atomic E-state index is 11.8. The standard InChI is InChI=1S/C19H21FINO4/c1-14(15-2-4-17(23)5-3-15)16-12-18(21)19(22-13-16)26-11-10-25-9-8-24-7-6-20/h2-5,12-13,23H,1,6-11H2. The molecule has 1 aromatic carbocycles. The van der Waals surface area contributed by atoms with Crippen molar-refractivity contribution in [1.29, 1.82) is 0 Å². The fourth-order valence-corrected chi connectivity index (χ4v) is 2.73. The van der Waals surface area contributed by atoms with Gasteiger partial charge in [0.2, 0.25) is 5.88 Å². The molecule has 1 N–H and O–H groups in total. The van der Waals surface area contributed by atoms with E-state index in [0.717, 1.165) is 20.3 Å². The summed E-state index contributed by atoms with van der Waals surface area (Å²) < 4.78 is 28.6. The Morgan fingerprint density at radius 3 is 2.35 bits per heavy atom. The number of benzene rings is 1. The van der Waals surface area contributed by atoms with Crippen LogP contribution in [-0.4, -0.2) is 49.8 Å². The minimum atomic E-state index is -0.484. The molecule has 1 aromatic heterocycles. The second-order valence-corrected chi connectivity index (χ2v) is 6.46. The van der Waals surface area contributed by atoms with Crippen LogP contribution in [0.5, 0.6) is 11.6 Å². The summed E-state index contributed by atoms with van der Waals surface area (Å²) in [6, 6.07) is 8.81. The van der Waals surface area contributed by atoms with Gasteiger partial charge in [-0.15, -0.1) is 0 Å². The van der Waals surface area contributed by atoms with Gasteiger partial charge in [0, 0.05) is 11.8 Å². The summed E-state index contributed by atoms with van der Waals surface area (Å²) in [5, 5.41) is 9.37. The quantitative estimate of drug-likeness (QED) is 0.397. The molecule has 0 saturated heterocycles. The summed E-state index contributed by atoms with van der Waals surface area (Å²) in [5.41, 5.74) is 2.62. The van der Waals surface area contributed by atoms with Crippen LogP contribution >= 0.6 is 22.6 Å². The fourth-order valence-electron chi connectivity index (χ4n) is 2.10. The van der Waals surface area contributed by atoms with Crippen LogP contribution in [0.15, 0.2) is 43.1 Å². The number of nitrogens with zero attached hydrogens (tertiary/aromatic N) is 1. The third-order valence-corrected chi connectivity index (χ3v) is 4.20. The molecule has 7 heteroatoms. The van der Waals surface area contributed by atoms with E-state index in [1.807, 2.05) is 18.2 Å². The van der Waals surface area contributed by atoms with Crippen molar-refractivity contribution in [3.63, 3.8) is 0 Å². The maximum Gasteiger partial charge on any atom is 0.227 e. The van der Waals surface area contributed by atoms with Gasteiger partial charge in [0.25, 0.3) is 0 Å². The van der Waals surface area contributed by atoms with Gasteiger partial charge in [0.15, 0.2) is 0 Å². The van der Waals surface area contributed by atoms with Crippen molar-refractivity contribution in [3.8, 4) is 11.6 Å². The highest BCUT2D eigenvalue weighted by Crippen LogP contribution is 2.27. The SMILES string of the molecule is C=C(c1ccc(O)cc1)c1cnc(OCCOCCOCCF)c(I)c1. The van der Waals surface area contributed by atoms with Crippen molar-refractivity contribution in [2.75, 3.05) is 39.7 Å². The number of hydrogen-bond acceptors (Lipinski definition) is 5. The average Bonchev–Trinajstić information content (AvgIpc) is 2.65. The number of aromatic hydroxyl groups is 1. The highest BCUT2D eigenvalue weighted by atomic mass is 127. The molecule has 1 heterocycles. The molecule has 0 fully saturated rings. The second kappa shape index (κ2) is 11.1. The Morgan fingerprint density at radius 2 is 1.69 bits per heavy atom. The number of ether oxygens (including phenoxy) is 3. The largest absolute Gasteiger partial charge is 0.508 e. The zero-order chi connectivity index (χ0) is 18.8. The van der Waals surface area contributed by atoms with Gasteiger partial charge in [0.1, 0.15) is 19.0 Å². The highest BCUT2D eigenvalue weighted by Gasteiger charge is 2.08. The maximum absolute atomic E-state index is 11.8. The molecule has 0 saturated carbocycles. The van der Waals surface area contributed by atoms with E-state index >= 15 is 0 Å². The molecular formula is C19H21FINO4. The van der Waals surface area contributed by atoms with Gasteiger partial charge < -0.3 is 19.3 Å². The van der Waals surface area contributed by atoms with E-state index in [9.17, 15) is 9.50 Å². The molecule has 0 unspecified atom stereocenters. The lowest BCUT2D eigenvalue weighted by molar-refractivity contribution is 0.0319. The topological polar surface area (TPSA) is 60.8 Å². The van der Waals surface area contributed by atoms with Crippen LogP contribution < -0.4 is 4.74 Å². The average molecular weight is 473 g/mol. The lowest BCUT2D eigenvalue weighted by atomic mass is 10.0. The van der Waals surface area contributed by atoms with E-state index in [0.29, 0.717) is 32.3 Å². The van der Waals surface area contributed by atoms with Crippen LogP contribution in [-0.2, 0) is 9.47 Å². The molecule has 2 aromatic rings. The normalized spacial score (nSPS) is 10.7. The van der Waals surface area contributed by atoms with Gasteiger partial charge in [0.05, 0.1) is 30.0 Å². The first kappa shape index (κ1) is 20.6. The molecule has 0 atom stereocenters. The number of alkyl halides is 1. The number of phenols is 1. The molecular weight excluding hydrogens is 452 g/mol. The molecule has 0 amide bonds. The lowest BCUT2D eigenvalue weighted by Crippen LogP contribution is -2.12. The van der Waals surface area contributed by atoms with Crippen molar-refractivity contribution >= 4 is 28.2 Å². The first-order valence-corrected chi connectivity index (χ1v) is 9.18. The number of hydrogen-bond donors (Lipinski definition) is 1. The zero-order valence-electron chi connectivity index (χ0n) is 14.3. The van der Waals surface area contributed by atoms with Crippen molar-refractivity contribution < 1.29 is 23.7 Å². The summed E-state index contributed by atoms with van der Waals surface area (Å²) >= 11 is 2.16. The summed E-state index contributed by atoms with van der Waals surface area (Å²) in [4.78, 5) is 4.34. The number of aromatic nitrogens is 1. The summed E-state index contributed by atoms with van der Waals surface area (Å²) in [7, 11) is 0. The van der Waals surface area contributed by atoms with E-state index in [2.05, 4.69) is 34.2 Å². The van der Waals surface area contributed by atoms with Gasteiger partial charge in [-0.3, -0.25) is 0 Å². The van der Waals surface area contributed by atoms with Crippen LogP contribution in [0.1, 0.15) is 11.1 Å². The smallest absolute Gasteiger partial charge is 0.227 e. The Morgan fingerprint density at radius 1 is 1.04 bits per heavy atom. The Bertz CT molecular complexity index is 709. The van der Waals surface area contributed by atoms with E-state index in [4.69, 9.17) is 14.2 Å². The Hall–Kier alpha value is -1.71. The predicted octanol–water partition coefficient (Wildman–Crippen LogP) is 3.83. The van der Waals surface area contributed by atoms with Crippen molar-refractivity contribution in [3.05, 3.63) is 57.8 Å².